The van der Waals surface area contributed by atoms with Crippen molar-refractivity contribution < 1.29 is 9.59 Å². The Hall–Kier alpha value is -2.92. The highest BCUT2D eigenvalue weighted by Crippen LogP contribution is 2.27. The summed E-state index contributed by atoms with van der Waals surface area (Å²) in [6.07, 6.45) is 0.778. The van der Waals surface area contributed by atoms with Crippen LogP contribution in [0.4, 0.5) is 0 Å². The molecule has 0 aliphatic rings. The second kappa shape index (κ2) is 10.6. The molecule has 0 fully saturated rings. The predicted octanol–water partition coefficient (Wildman–Crippen LogP) is 4.52. The second-order valence-electron chi connectivity index (χ2n) is 6.70. The summed E-state index contributed by atoms with van der Waals surface area (Å²) in [5, 5.41) is 5.56. The van der Waals surface area contributed by atoms with Crippen LogP contribution in [0.3, 0.4) is 0 Å². The first-order chi connectivity index (χ1) is 14.1. The van der Waals surface area contributed by atoms with Crippen LogP contribution in [0.1, 0.15) is 33.8 Å². The van der Waals surface area contributed by atoms with Gasteiger partial charge in [0, 0.05) is 22.5 Å². The first-order valence-corrected chi connectivity index (χ1v) is 10.3. The Labute approximate surface area is 179 Å². The van der Waals surface area contributed by atoms with E-state index in [9.17, 15) is 9.59 Å². The molecule has 2 amide bonds. The fraction of sp³-hybridized carbons (Fsp3) is 0.167. The van der Waals surface area contributed by atoms with E-state index in [4.69, 9.17) is 0 Å². The van der Waals surface area contributed by atoms with Crippen LogP contribution in [-0.2, 0) is 4.79 Å². The summed E-state index contributed by atoms with van der Waals surface area (Å²) < 4.78 is 0.901. The normalized spacial score (nSPS) is 10.6. The fourth-order valence-electron chi connectivity index (χ4n) is 3.18. The fourth-order valence-corrected chi connectivity index (χ4v) is 3.44. The van der Waals surface area contributed by atoms with E-state index < -0.39 is 0 Å². The van der Waals surface area contributed by atoms with Crippen molar-refractivity contribution >= 4 is 27.7 Å². The molecule has 0 spiro atoms. The number of carbonyl (C=O) groups excluding carboxylic acids is 2. The van der Waals surface area contributed by atoms with Crippen molar-refractivity contribution in [2.75, 3.05) is 13.1 Å². The Bertz CT molecular complexity index is 889. The molecule has 0 aromatic heterocycles. The summed E-state index contributed by atoms with van der Waals surface area (Å²) in [6.45, 7) is 0.484. The smallest absolute Gasteiger partial charge is 0.251 e. The largest absolute Gasteiger partial charge is 0.355 e. The first-order valence-electron chi connectivity index (χ1n) is 9.54. The molecule has 0 radical (unpaired) electrons. The lowest BCUT2D eigenvalue weighted by molar-refractivity contribution is -0.120. The average Bonchev–Trinajstić information content (AvgIpc) is 2.77. The van der Waals surface area contributed by atoms with E-state index in [-0.39, 0.29) is 24.3 Å². The molecule has 148 valence electrons. The molecule has 0 saturated heterocycles. The van der Waals surface area contributed by atoms with Gasteiger partial charge in [0.2, 0.25) is 5.91 Å². The number of amides is 2. The molecular formula is C24H23BrN2O2. The Morgan fingerprint density at radius 3 is 1.86 bits per heavy atom. The number of hydrogen-bond donors (Lipinski definition) is 2. The first kappa shape index (κ1) is 20.8. The van der Waals surface area contributed by atoms with Crippen molar-refractivity contribution in [2.24, 2.45) is 0 Å². The van der Waals surface area contributed by atoms with E-state index in [1.165, 1.54) is 11.1 Å². The summed E-state index contributed by atoms with van der Waals surface area (Å²) in [4.78, 5) is 24.3. The lowest BCUT2D eigenvalue weighted by Crippen LogP contribution is -2.37. The molecule has 3 rings (SSSR count). The molecule has 0 bridgehead atoms. The zero-order chi connectivity index (χ0) is 20.5. The molecular weight excluding hydrogens is 428 g/mol. The highest BCUT2D eigenvalue weighted by molar-refractivity contribution is 9.10. The topological polar surface area (TPSA) is 58.2 Å². The van der Waals surface area contributed by atoms with Crippen molar-refractivity contribution in [2.45, 2.75) is 12.3 Å². The minimum Gasteiger partial charge on any atom is -0.355 e. The number of rotatable bonds is 8. The van der Waals surface area contributed by atoms with Gasteiger partial charge in [-0.1, -0.05) is 76.6 Å². The number of nitrogens with one attached hydrogen (secondary N) is 2. The molecule has 0 atom stereocenters. The van der Waals surface area contributed by atoms with E-state index in [1.807, 2.05) is 36.4 Å². The number of hydrogen-bond acceptors (Lipinski definition) is 2. The summed E-state index contributed by atoms with van der Waals surface area (Å²) >= 11 is 3.33. The zero-order valence-electron chi connectivity index (χ0n) is 16.0. The molecule has 0 saturated carbocycles. The Morgan fingerprint density at radius 2 is 1.31 bits per heavy atom. The average molecular weight is 451 g/mol. The number of halogens is 1. The van der Waals surface area contributed by atoms with Gasteiger partial charge in [0.25, 0.3) is 5.91 Å². The van der Waals surface area contributed by atoms with Gasteiger partial charge in [-0.2, -0.15) is 0 Å². The highest BCUT2D eigenvalue weighted by atomic mass is 79.9. The van der Waals surface area contributed by atoms with E-state index >= 15 is 0 Å². The van der Waals surface area contributed by atoms with Gasteiger partial charge in [-0.25, -0.2) is 0 Å². The van der Waals surface area contributed by atoms with Crippen molar-refractivity contribution in [3.05, 3.63) is 106 Å². The third kappa shape index (κ3) is 6.29. The summed E-state index contributed by atoms with van der Waals surface area (Å²) in [6, 6.07) is 27.6. The van der Waals surface area contributed by atoms with Crippen LogP contribution in [-0.4, -0.2) is 24.9 Å². The molecule has 29 heavy (non-hydrogen) atoms. The van der Waals surface area contributed by atoms with E-state index in [0.29, 0.717) is 12.1 Å². The molecule has 0 heterocycles. The summed E-state index contributed by atoms with van der Waals surface area (Å²) in [5.41, 5.74) is 2.96. The highest BCUT2D eigenvalue weighted by Gasteiger charge is 2.14. The summed E-state index contributed by atoms with van der Waals surface area (Å²) in [7, 11) is 0. The number of carbonyl (C=O) groups is 2. The lowest BCUT2D eigenvalue weighted by atomic mass is 9.88. The minimum absolute atomic E-state index is 0.0454. The maximum Gasteiger partial charge on any atom is 0.251 e. The van der Waals surface area contributed by atoms with Crippen LogP contribution >= 0.6 is 15.9 Å². The minimum atomic E-state index is -0.265. The standard InChI is InChI=1S/C24H23BrN2O2/c25-21-13-11-20(12-14-21)24(29)27-17-23(28)26-16-15-22(18-7-3-1-4-8-18)19-9-5-2-6-10-19/h1-14,22H,15-17H2,(H,26,28)(H,27,29). The van der Waals surface area contributed by atoms with Crippen LogP contribution in [0.5, 0.6) is 0 Å². The monoisotopic (exact) mass is 450 g/mol. The molecule has 0 unspecified atom stereocenters. The third-order valence-corrected chi connectivity index (χ3v) is 5.20. The Balaban J connectivity index is 1.51. The van der Waals surface area contributed by atoms with Gasteiger partial charge in [0.05, 0.1) is 6.54 Å². The van der Waals surface area contributed by atoms with Crippen LogP contribution in [0.25, 0.3) is 0 Å². The Kier molecular flexibility index (Phi) is 7.59. The molecule has 4 nitrogen and oxygen atoms in total. The van der Waals surface area contributed by atoms with E-state index in [1.54, 1.807) is 24.3 Å². The lowest BCUT2D eigenvalue weighted by Gasteiger charge is -2.18. The zero-order valence-corrected chi connectivity index (χ0v) is 17.6. The molecule has 0 aliphatic carbocycles. The Morgan fingerprint density at radius 1 is 0.759 bits per heavy atom. The van der Waals surface area contributed by atoms with Crippen molar-refractivity contribution in [1.82, 2.24) is 10.6 Å². The van der Waals surface area contributed by atoms with Crippen molar-refractivity contribution in [3.63, 3.8) is 0 Å². The van der Waals surface area contributed by atoms with Gasteiger partial charge in [-0.05, 0) is 41.8 Å². The summed E-state index contributed by atoms with van der Waals surface area (Å²) in [5.74, 6) is -0.260. The van der Waals surface area contributed by atoms with Gasteiger partial charge in [-0.3, -0.25) is 9.59 Å². The predicted molar refractivity (Wildman–Crippen MR) is 119 cm³/mol. The van der Waals surface area contributed by atoms with Crippen LogP contribution in [0, 0.1) is 0 Å². The molecule has 3 aromatic carbocycles. The quantitative estimate of drug-likeness (QED) is 0.529. The van der Waals surface area contributed by atoms with Gasteiger partial charge in [-0.15, -0.1) is 0 Å². The molecule has 0 aliphatic heterocycles. The van der Waals surface area contributed by atoms with Crippen LogP contribution in [0.2, 0.25) is 0 Å². The van der Waals surface area contributed by atoms with E-state index in [2.05, 4.69) is 50.8 Å². The van der Waals surface area contributed by atoms with Crippen molar-refractivity contribution in [3.8, 4) is 0 Å². The van der Waals surface area contributed by atoms with Gasteiger partial charge < -0.3 is 10.6 Å². The van der Waals surface area contributed by atoms with Crippen LogP contribution in [0.15, 0.2) is 89.4 Å². The third-order valence-electron chi connectivity index (χ3n) is 4.67. The maximum atomic E-state index is 12.2. The second-order valence-corrected chi connectivity index (χ2v) is 7.62. The molecule has 5 heteroatoms. The molecule has 2 N–H and O–H groups in total. The molecule has 3 aromatic rings. The van der Waals surface area contributed by atoms with Crippen molar-refractivity contribution in [1.29, 1.82) is 0 Å². The van der Waals surface area contributed by atoms with Gasteiger partial charge in [0.15, 0.2) is 0 Å². The van der Waals surface area contributed by atoms with Gasteiger partial charge >= 0.3 is 0 Å². The SMILES string of the molecule is O=C(CNC(=O)c1ccc(Br)cc1)NCCC(c1ccccc1)c1ccccc1. The number of benzene rings is 3. The van der Waals surface area contributed by atoms with E-state index in [0.717, 1.165) is 10.9 Å². The van der Waals surface area contributed by atoms with Gasteiger partial charge in [0.1, 0.15) is 0 Å². The maximum absolute atomic E-state index is 12.2. The van der Waals surface area contributed by atoms with Crippen LogP contribution < -0.4 is 10.6 Å².